The van der Waals surface area contributed by atoms with Crippen LogP contribution in [0.15, 0.2) is 164 Å². The molecule has 0 amide bonds. The fourth-order valence-corrected chi connectivity index (χ4v) is 9.22. The second-order valence-corrected chi connectivity index (χ2v) is 14.0. The summed E-state index contributed by atoms with van der Waals surface area (Å²) in [6.07, 6.45) is 0. The second-order valence-electron chi connectivity index (χ2n) is 12.9. The van der Waals surface area contributed by atoms with Crippen molar-refractivity contribution in [3.8, 4) is 28.3 Å². The van der Waals surface area contributed by atoms with Crippen molar-refractivity contribution in [2.45, 2.75) is 0 Å². The van der Waals surface area contributed by atoms with Gasteiger partial charge in [0.1, 0.15) is 0 Å². The minimum Gasteiger partial charge on any atom is -0.276 e. The van der Waals surface area contributed by atoms with E-state index < -0.39 is 0 Å². The molecule has 4 heteroatoms. The van der Waals surface area contributed by atoms with E-state index in [1.165, 1.54) is 52.8 Å². The Morgan fingerprint density at radius 1 is 0.420 bits per heavy atom. The summed E-state index contributed by atoms with van der Waals surface area (Å²) in [7, 11) is 0. The molecular weight excluding hydrogens is 627 g/mol. The van der Waals surface area contributed by atoms with E-state index in [-0.39, 0.29) is 0 Å². The number of benzene rings is 8. The van der Waals surface area contributed by atoms with Crippen molar-refractivity contribution in [3.05, 3.63) is 164 Å². The van der Waals surface area contributed by atoms with Gasteiger partial charge in [-0.05, 0) is 45.5 Å². The van der Waals surface area contributed by atoms with Crippen LogP contribution in [0.4, 0.5) is 0 Å². The molecule has 0 saturated carbocycles. The van der Waals surface area contributed by atoms with E-state index in [4.69, 9.17) is 9.97 Å². The first kappa shape index (κ1) is 27.6. The lowest BCUT2D eigenvalue weighted by Gasteiger charge is -2.14. The van der Waals surface area contributed by atoms with Crippen LogP contribution >= 0.6 is 11.3 Å². The van der Waals surface area contributed by atoms with E-state index in [0.29, 0.717) is 5.95 Å². The SMILES string of the molecule is c1ccc(-c2ccc(-c3nc(-n4c5ccccc5c5c6ccccc6c6c7ccccc7sc6c54)nc4c3ccc3ccccc34)cc2)cc1. The first-order valence-electron chi connectivity index (χ1n) is 16.9. The minimum absolute atomic E-state index is 0.677. The summed E-state index contributed by atoms with van der Waals surface area (Å²) < 4.78 is 4.87. The zero-order valence-electron chi connectivity index (χ0n) is 26.8. The number of rotatable bonds is 3. The molecule has 0 N–H and O–H groups in total. The van der Waals surface area contributed by atoms with Gasteiger partial charge in [0.2, 0.25) is 5.95 Å². The molecule has 0 bridgehead atoms. The molecule has 11 rings (SSSR count). The summed E-state index contributed by atoms with van der Waals surface area (Å²) in [5.74, 6) is 0.677. The lowest BCUT2D eigenvalue weighted by molar-refractivity contribution is 1.02. The van der Waals surface area contributed by atoms with Gasteiger partial charge >= 0.3 is 0 Å². The van der Waals surface area contributed by atoms with Gasteiger partial charge in [-0.25, -0.2) is 9.97 Å². The number of nitrogens with zero attached hydrogens (tertiary/aromatic N) is 3. The number of para-hydroxylation sites is 1. The van der Waals surface area contributed by atoms with Crippen molar-refractivity contribution in [2.75, 3.05) is 0 Å². The predicted molar refractivity (Wildman–Crippen MR) is 213 cm³/mol. The fourth-order valence-electron chi connectivity index (χ4n) is 7.96. The first-order chi connectivity index (χ1) is 24.8. The number of thiophene rings is 1. The maximum atomic E-state index is 5.52. The van der Waals surface area contributed by atoms with Crippen molar-refractivity contribution < 1.29 is 0 Å². The Kier molecular flexibility index (Phi) is 5.83. The van der Waals surface area contributed by atoms with E-state index in [9.17, 15) is 0 Å². The van der Waals surface area contributed by atoms with Crippen LogP contribution in [-0.4, -0.2) is 14.5 Å². The number of hydrogen-bond acceptors (Lipinski definition) is 3. The molecule has 0 spiro atoms. The van der Waals surface area contributed by atoms with Crippen LogP contribution in [0.1, 0.15) is 0 Å². The molecule has 0 aliphatic carbocycles. The molecule has 0 fully saturated rings. The number of hydrogen-bond donors (Lipinski definition) is 0. The fraction of sp³-hybridized carbons (Fsp3) is 0. The Labute approximate surface area is 291 Å². The average molecular weight is 654 g/mol. The van der Waals surface area contributed by atoms with E-state index in [2.05, 4.69) is 168 Å². The van der Waals surface area contributed by atoms with Gasteiger partial charge in [0.05, 0.1) is 26.9 Å². The van der Waals surface area contributed by atoms with E-state index in [1.54, 1.807) is 0 Å². The standard InChI is InChI=1S/C46H27N3S/c1-2-12-28(13-3-1)29-22-24-31(25-23-29)42-37-27-26-30-14-4-5-15-32(30)43(37)48-46(47-42)49-38-20-10-8-18-35(38)40-33-16-6-7-17-34(33)41-36-19-9-11-21-39(36)50-45(41)44(40)49/h1-27H. The molecule has 0 radical (unpaired) electrons. The van der Waals surface area contributed by atoms with Crippen molar-refractivity contribution in [1.29, 1.82) is 0 Å². The maximum absolute atomic E-state index is 5.52. The highest BCUT2D eigenvalue weighted by molar-refractivity contribution is 7.27. The highest BCUT2D eigenvalue weighted by atomic mass is 32.1. The van der Waals surface area contributed by atoms with Crippen LogP contribution in [0.25, 0.3) is 103 Å². The molecule has 232 valence electrons. The molecule has 3 nitrogen and oxygen atoms in total. The lowest BCUT2D eigenvalue weighted by Crippen LogP contribution is -2.04. The van der Waals surface area contributed by atoms with Crippen molar-refractivity contribution >= 4 is 85.8 Å². The monoisotopic (exact) mass is 653 g/mol. The van der Waals surface area contributed by atoms with Gasteiger partial charge in [-0.2, -0.15) is 0 Å². The third-order valence-corrected chi connectivity index (χ3v) is 11.4. The van der Waals surface area contributed by atoms with Gasteiger partial charge in [-0.15, -0.1) is 11.3 Å². The van der Waals surface area contributed by atoms with Gasteiger partial charge in [0.25, 0.3) is 0 Å². The highest BCUT2D eigenvalue weighted by Crippen LogP contribution is 2.48. The lowest BCUT2D eigenvalue weighted by atomic mass is 9.99. The summed E-state index contributed by atoms with van der Waals surface area (Å²) in [5, 5.41) is 10.9. The molecule has 0 saturated heterocycles. The van der Waals surface area contributed by atoms with Crippen molar-refractivity contribution in [1.82, 2.24) is 14.5 Å². The molecule has 11 aromatic rings. The highest BCUT2D eigenvalue weighted by Gasteiger charge is 2.24. The zero-order valence-corrected chi connectivity index (χ0v) is 27.7. The second kappa shape index (κ2) is 10.6. The van der Waals surface area contributed by atoms with Crippen molar-refractivity contribution in [2.24, 2.45) is 0 Å². The summed E-state index contributed by atoms with van der Waals surface area (Å²) >= 11 is 1.86. The molecule has 0 atom stereocenters. The Bertz CT molecular complexity index is 3140. The minimum atomic E-state index is 0.677. The van der Waals surface area contributed by atoms with Gasteiger partial charge in [-0.1, -0.05) is 146 Å². The van der Waals surface area contributed by atoms with Crippen LogP contribution in [0, 0.1) is 0 Å². The smallest absolute Gasteiger partial charge is 0.235 e. The quantitative estimate of drug-likeness (QED) is 0.178. The van der Waals surface area contributed by atoms with Crippen LogP contribution in [0.2, 0.25) is 0 Å². The molecule has 8 aromatic carbocycles. The first-order valence-corrected chi connectivity index (χ1v) is 17.7. The van der Waals surface area contributed by atoms with E-state index in [1.807, 2.05) is 11.3 Å². The molecule has 0 aliphatic rings. The summed E-state index contributed by atoms with van der Waals surface area (Å²) in [6, 6.07) is 58.6. The van der Waals surface area contributed by atoms with Gasteiger partial charge in [0.15, 0.2) is 0 Å². The summed E-state index contributed by atoms with van der Waals surface area (Å²) in [5.41, 5.74) is 7.58. The molecule has 0 aliphatic heterocycles. The Hall–Kier alpha value is -6.36. The van der Waals surface area contributed by atoms with Crippen LogP contribution < -0.4 is 0 Å². The maximum Gasteiger partial charge on any atom is 0.235 e. The Balaban J connectivity index is 1.30. The molecule has 3 heterocycles. The number of aromatic nitrogens is 3. The Morgan fingerprint density at radius 2 is 1.04 bits per heavy atom. The molecular formula is C46H27N3S. The van der Waals surface area contributed by atoms with Crippen LogP contribution in [-0.2, 0) is 0 Å². The molecule has 3 aromatic heterocycles. The van der Waals surface area contributed by atoms with E-state index in [0.717, 1.165) is 44.0 Å². The zero-order chi connectivity index (χ0) is 32.8. The number of fused-ring (bicyclic) bond motifs is 13. The van der Waals surface area contributed by atoms with Gasteiger partial charge < -0.3 is 0 Å². The predicted octanol–water partition coefficient (Wildman–Crippen LogP) is 12.7. The normalized spacial score (nSPS) is 12.0. The summed E-state index contributed by atoms with van der Waals surface area (Å²) in [6.45, 7) is 0. The molecule has 0 unspecified atom stereocenters. The Morgan fingerprint density at radius 3 is 1.86 bits per heavy atom. The summed E-state index contributed by atoms with van der Waals surface area (Å²) in [4.78, 5) is 11.0. The third-order valence-electron chi connectivity index (χ3n) is 10.2. The van der Waals surface area contributed by atoms with Gasteiger partial charge in [0, 0.05) is 42.6 Å². The average Bonchev–Trinajstić information content (AvgIpc) is 3.75. The van der Waals surface area contributed by atoms with E-state index >= 15 is 0 Å². The third kappa shape index (κ3) is 3.91. The van der Waals surface area contributed by atoms with Crippen molar-refractivity contribution in [3.63, 3.8) is 0 Å². The van der Waals surface area contributed by atoms with Gasteiger partial charge in [-0.3, -0.25) is 4.57 Å². The van der Waals surface area contributed by atoms with Crippen LogP contribution in [0.5, 0.6) is 0 Å². The topological polar surface area (TPSA) is 30.7 Å². The molecule has 50 heavy (non-hydrogen) atoms. The van der Waals surface area contributed by atoms with Crippen LogP contribution in [0.3, 0.4) is 0 Å². The largest absolute Gasteiger partial charge is 0.276 e.